The third-order valence-electron chi connectivity index (χ3n) is 6.37. The van der Waals surface area contributed by atoms with Crippen LogP contribution in [0.3, 0.4) is 0 Å². The number of nitrogens with one attached hydrogen (secondary N) is 3. The average molecular weight is 671 g/mol. The number of benzene rings is 4. The van der Waals surface area contributed by atoms with E-state index in [9.17, 15) is 31.0 Å². The molecule has 46 heavy (non-hydrogen) atoms. The van der Waals surface area contributed by atoms with Gasteiger partial charge in [0.1, 0.15) is 10.6 Å². The molecule has 19 heteroatoms. The Labute approximate surface area is 261 Å². The second-order valence-electron chi connectivity index (χ2n) is 9.58. The number of anilines is 4. The molecule has 240 valence electrons. The van der Waals surface area contributed by atoms with Gasteiger partial charge in [-0.25, -0.2) is 0 Å². The van der Waals surface area contributed by atoms with Crippen LogP contribution >= 0.6 is 0 Å². The molecular formula is C27H26N8O9S2. The van der Waals surface area contributed by atoms with Gasteiger partial charge in [0, 0.05) is 24.2 Å². The van der Waals surface area contributed by atoms with E-state index < -0.39 is 36.6 Å². The minimum absolute atomic E-state index is 0.0597. The van der Waals surface area contributed by atoms with Crippen LogP contribution in [-0.2, 0) is 20.2 Å². The maximum absolute atomic E-state index is 12.4. The first-order chi connectivity index (χ1) is 21.9. The van der Waals surface area contributed by atoms with Gasteiger partial charge in [-0.15, -0.1) is 5.11 Å². The third-order valence-corrected chi connectivity index (χ3v) is 8.09. The summed E-state index contributed by atoms with van der Waals surface area (Å²) in [6.07, 6.45) is 0. The van der Waals surface area contributed by atoms with Gasteiger partial charge in [0.2, 0.25) is 17.8 Å². The highest BCUT2D eigenvalue weighted by atomic mass is 32.2. The van der Waals surface area contributed by atoms with Gasteiger partial charge in [-0.1, -0.05) is 12.1 Å². The van der Waals surface area contributed by atoms with Crippen LogP contribution in [0.2, 0.25) is 0 Å². The highest BCUT2D eigenvalue weighted by Gasteiger charge is 2.22. The van der Waals surface area contributed by atoms with E-state index in [2.05, 4.69) is 41.1 Å². The van der Waals surface area contributed by atoms with Crippen molar-refractivity contribution in [2.24, 2.45) is 10.2 Å². The molecule has 1 heterocycles. The van der Waals surface area contributed by atoms with Crippen molar-refractivity contribution < 1.29 is 41.3 Å². The standard InChI is InChI=1S/C27H26N8O9S2/c36-9-7-28-25-31-26(29-8-10-37)33-27(32-25)30-18-4-6-21-17(12-18)14-22(46(42,43)44)23(24(21)38)35-34-19-3-1-16-13-20(45(39,40)41)5-2-15(16)11-19/h1-6,11-14,36-38H,7-10H2,(H,39,40,41)(H,42,43,44)(H3,28,29,30,31,32,33). The topological polar surface area (TPSA) is 269 Å². The minimum Gasteiger partial charge on any atom is -0.505 e. The summed E-state index contributed by atoms with van der Waals surface area (Å²) in [6, 6.07) is 14.0. The van der Waals surface area contributed by atoms with E-state index in [4.69, 9.17) is 10.2 Å². The maximum Gasteiger partial charge on any atom is 0.296 e. The summed E-state index contributed by atoms with van der Waals surface area (Å²) in [6.45, 7) is -0.0330. The number of hydrogen-bond acceptors (Lipinski definition) is 15. The first-order valence-electron chi connectivity index (χ1n) is 13.3. The molecule has 1 aromatic heterocycles. The number of aliphatic hydroxyl groups excluding tert-OH is 2. The van der Waals surface area contributed by atoms with Crippen molar-refractivity contribution >= 4 is 76.7 Å². The molecule has 0 aliphatic rings. The van der Waals surface area contributed by atoms with Crippen molar-refractivity contribution in [1.82, 2.24) is 15.0 Å². The lowest BCUT2D eigenvalue weighted by Crippen LogP contribution is -2.14. The second-order valence-corrected chi connectivity index (χ2v) is 12.4. The normalized spacial score (nSPS) is 12.2. The van der Waals surface area contributed by atoms with Gasteiger partial charge in [-0.2, -0.15) is 36.9 Å². The SMILES string of the molecule is O=S(=O)(O)c1ccc2cc(N=Nc3c(S(=O)(=O)O)cc4cc(Nc5nc(NCCO)nc(NCCO)n5)ccc4c3O)ccc2c1. The van der Waals surface area contributed by atoms with Gasteiger partial charge < -0.3 is 31.3 Å². The van der Waals surface area contributed by atoms with Crippen molar-refractivity contribution in [3.05, 3.63) is 60.7 Å². The van der Waals surface area contributed by atoms with Crippen molar-refractivity contribution in [3.8, 4) is 5.75 Å². The number of rotatable bonds is 12. The highest BCUT2D eigenvalue weighted by molar-refractivity contribution is 7.86. The van der Waals surface area contributed by atoms with Crippen molar-refractivity contribution in [1.29, 1.82) is 0 Å². The first-order valence-corrected chi connectivity index (χ1v) is 16.2. The number of aromatic hydroxyl groups is 1. The zero-order valence-corrected chi connectivity index (χ0v) is 25.2. The lowest BCUT2D eigenvalue weighted by atomic mass is 10.1. The molecule has 0 spiro atoms. The lowest BCUT2D eigenvalue weighted by Gasteiger charge is -2.12. The summed E-state index contributed by atoms with van der Waals surface area (Å²) in [5.74, 6) is -0.263. The summed E-state index contributed by atoms with van der Waals surface area (Å²) in [5, 5.41) is 47.2. The molecule has 0 fully saturated rings. The zero-order valence-electron chi connectivity index (χ0n) is 23.5. The Bertz CT molecular complexity index is 2170. The molecule has 0 saturated carbocycles. The zero-order chi connectivity index (χ0) is 33.1. The summed E-state index contributed by atoms with van der Waals surface area (Å²) in [5.41, 5.74) is 0.0583. The summed E-state index contributed by atoms with van der Waals surface area (Å²) < 4.78 is 66.8. The van der Waals surface area contributed by atoms with Crippen LogP contribution in [-0.4, -0.2) is 82.5 Å². The van der Waals surface area contributed by atoms with E-state index in [1.165, 1.54) is 48.5 Å². The Balaban J connectivity index is 1.50. The van der Waals surface area contributed by atoms with Crippen molar-refractivity contribution in [3.63, 3.8) is 0 Å². The largest absolute Gasteiger partial charge is 0.505 e. The van der Waals surface area contributed by atoms with E-state index >= 15 is 0 Å². The molecule has 5 aromatic rings. The predicted molar refractivity (Wildman–Crippen MR) is 168 cm³/mol. The number of azo groups is 1. The van der Waals surface area contributed by atoms with Gasteiger partial charge in [0.25, 0.3) is 20.2 Å². The molecule has 0 aliphatic carbocycles. The van der Waals surface area contributed by atoms with Crippen LogP contribution in [0.1, 0.15) is 0 Å². The lowest BCUT2D eigenvalue weighted by molar-refractivity contribution is 0.310. The Morgan fingerprint density at radius 3 is 1.93 bits per heavy atom. The summed E-state index contributed by atoms with van der Waals surface area (Å²) in [4.78, 5) is 11.6. The van der Waals surface area contributed by atoms with Crippen LogP contribution in [0.5, 0.6) is 5.75 Å². The highest BCUT2D eigenvalue weighted by Crippen LogP contribution is 2.42. The summed E-state index contributed by atoms with van der Waals surface area (Å²) >= 11 is 0. The van der Waals surface area contributed by atoms with Gasteiger partial charge in [0.15, 0.2) is 5.75 Å². The molecular weight excluding hydrogens is 644 g/mol. The van der Waals surface area contributed by atoms with E-state index in [1.54, 1.807) is 6.07 Å². The van der Waals surface area contributed by atoms with Crippen LogP contribution in [0, 0.1) is 0 Å². The first kappa shape index (κ1) is 32.3. The molecule has 0 bridgehead atoms. The van der Waals surface area contributed by atoms with Crippen LogP contribution in [0.4, 0.5) is 34.9 Å². The molecule has 4 aromatic carbocycles. The molecule has 8 N–H and O–H groups in total. The third kappa shape index (κ3) is 7.42. The monoisotopic (exact) mass is 670 g/mol. The fourth-order valence-electron chi connectivity index (χ4n) is 4.32. The molecule has 0 radical (unpaired) electrons. The molecule has 0 saturated heterocycles. The smallest absolute Gasteiger partial charge is 0.296 e. The minimum atomic E-state index is -4.91. The Morgan fingerprint density at radius 2 is 1.30 bits per heavy atom. The van der Waals surface area contributed by atoms with Gasteiger partial charge in [0.05, 0.1) is 23.8 Å². The number of phenolic OH excluding ortho intramolecular Hbond substituents is 1. The Morgan fingerprint density at radius 1 is 0.674 bits per heavy atom. The van der Waals surface area contributed by atoms with E-state index in [0.717, 1.165) is 6.07 Å². The summed E-state index contributed by atoms with van der Waals surface area (Å²) in [7, 11) is -9.32. The van der Waals surface area contributed by atoms with Crippen molar-refractivity contribution in [2.45, 2.75) is 9.79 Å². The molecule has 0 unspecified atom stereocenters. The van der Waals surface area contributed by atoms with Gasteiger partial charge in [-0.05, 0) is 64.7 Å². The molecule has 0 atom stereocenters. The number of aliphatic hydroxyl groups is 2. The number of aromatic nitrogens is 3. The van der Waals surface area contributed by atoms with Crippen LogP contribution < -0.4 is 16.0 Å². The Hall–Kier alpha value is -5.05. The van der Waals surface area contributed by atoms with Crippen LogP contribution in [0.25, 0.3) is 21.5 Å². The quantitative estimate of drug-likeness (QED) is 0.0698. The van der Waals surface area contributed by atoms with Crippen LogP contribution in [0.15, 0.2) is 80.7 Å². The van der Waals surface area contributed by atoms with Crippen molar-refractivity contribution in [2.75, 3.05) is 42.3 Å². The fraction of sp³-hybridized carbons (Fsp3) is 0.148. The molecule has 17 nitrogen and oxygen atoms in total. The number of hydrogen-bond donors (Lipinski definition) is 8. The maximum atomic E-state index is 12.4. The number of phenols is 1. The fourth-order valence-corrected chi connectivity index (χ4v) is 5.49. The number of fused-ring (bicyclic) bond motifs is 2. The molecule has 5 rings (SSSR count). The predicted octanol–water partition coefficient (Wildman–Crippen LogP) is 3.34. The van der Waals surface area contributed by atoms with E-state index in [-0.39, 0.29) is 65.5 Å². The molecule has 0 amide bonds. The number of nitrogens with zero attached hydrogens (tertiary/aromatic N) is 5. The average Bonchev–Trinajstić information content (AvgIpc) is 3.00. The van der Waals surface area contributed by atoms with E-state index in [1.807, 2.05) is 0 Å². The second kappa shape index (κ2) is 13.1. The Kier molecular flexibility index (Phi) is 9.23. The van der Waals surface area contributed by atoms with Gasteiger partial charge >= 0.3 is 0 Å². The van der Waals surface area contributed by atoms with E-state index in [0.29, 0.717) is 16.5 Å². The van der Waals surface area contributed by atoms with Gasteiger partial charge in [-0.3, -0.25) is 9.11 Å². The molecule has 0 aliphatic heterocycles.